The summed E-state index contributed by atoms with van der Waals surface area (Å²) in [6, 6.07) is 10.3. The molecule has 0 saturated heterocycles. The zero-order valence-electron chi connectivity index (χ0n) is 15.1. The van der Waals surface area contributed by atoms with E-state index >= 15 is 0 Å². The summed E-state index contributed by atoms with van der Waals surface area (Å²) >= 11 is 0. The van der Waals surface area contributed by atoms with Crippen molar-refractivity contribution >= 4 is 5.82 Å². The Morgan fingerprint density at radius 1 is 1.12 bits per heavy atom. The van der Waals surface area contributed by atoms with E-state index in [1.54, 1.807) is 0 Å². The molecule has 3 rings (SSSR count). The number of aliphatic hydroxyl groups is 1. The smallest absolute Gasteiger partial charge is 0.135 e. The van der Waals surface area contributed by atoms with Gasteiger partial charge in [0.2, 0.25) is 0 Å². The normalized spacial score (nSPS) is 15.5. The molecule has 25 heavy (non-hydrogen) atoms. The number of anilines is 1. The number of hydrogen-bond acceptors (Lipinski definition) is 5. The fourth-order valence-electron chi connectivity index (χ4n) is 3.17. The molecule has 0 fully saturated rings. The van der Waals surface area contributed by atoms with Crippen molar-refractivity contribution < 1.29 is 5.11 Å². The molecule has 2 heterocycles. The van der Waals surface area contributed by atoms with Gasteiger partial charge in [-0.05, 0) is 24.4 Å². The summed E-state index contributed by atoms with van der Waals surface area (Å²) in [5.74, 6) is 2.07. The minimum Gasteiger partial charge on any atom is -0.394 e. The number of rotatable bonds is 6. The molecule has 134 valence electrons. The second-order valence-corrected chi connectivity index (χ2v) is 7.00. The molecule has 0 bridgehead atoms. The highest BCUT2D eigenvalue weighted by Crippen LogP contribution is 2.22. The molecular weight excluding hydrogens is 312 g/mol. The minimum atomic E-state index is -0.000197. The van der Waals surface area contributed by atoms with Crippen LogP contribution in [0.5, 0.6) is 0 Å². The molecule has 1 aromatic heterocycles. The van der Waals surface area contributed by atoms with Crippen LogP contribution in [0.15, 0.2) is 30.3 Å². The van der Waals surface area contributed by atoms with Crippen LogP contribution in [0.3, 0.4) is 0 Å². The molecule has 1 aliphatic rings. The maximum Gasteiger partial charge on any atom is 0.135 e. The third-order valence-electron chi connectivity index (χ3n) is 4.76. The van der Waals surface area contributed by atoms with Crippen molar-refractivity contribution in [3.63, 3.8) is 0 Å². The lowest BCUT2D eigenvalue weighted by Crippen LogP contribution is -2.31. The van der Waals surface area contributed by atoms with Gasteiger partial charge in [-0.15, -0.1) is 0 Å². The van der Waals surface area contributed by atoms with Crippen LogP contribution in [-0.2, 0) is 19.3 Å². The van der Waals surface area contributed by atoms with Gasteiger partial charge in [0, 0.05) is 24.9 Å². The first-order valence-electron chi connectivity index (χ1n) is 9.18. The third kappa shape index (κ3) is 4.55. The van der Waals surface area contributed by atoms with Crippen molar-refractivity contribution in [1.29, 1.82) is 0 Å². The summed E-state index contributed by atoms with van der Waals surface area (Å²) in [6.45, 7) is 6.21. The number of benzene rings is 1. The minimum absolute atomic E-state index is 0.000197. The molecular formula is C20H28N4O. The van der Waals surface area contributed by atoms with E-state index in [1.807, 2.05) is 18.2 Å². The molecule has 0 unspecified atom stereocenters. The van der Waals surface area contributed by atoms with Crippen molar-refractivity contribution in [3.8, 4) is 0 Å². The van der Waals surface area contributed by atoms with Crippen molar-refractivity contribution in [2.24, 2.45) is 5.92 Å². The maximum atomic E-state index is 9.70. The zero-order valence-corrected chi connectivity index (χ0v) is 15.1. The number of hydrogen-bond donors (Lipinski definition) is 3. The van der Waals surface area contributed by atoms with E-state index in [2.05, 4.69) is 36.6 Å². The van der Waals surface area contributed by atoms with E-state index in [-0.39, 0.29) is 12.6 Å². The maximum absolute atomic E-state index is 9.70. The summed E-state index contributed by atoms with van der Waals surface area (Å²) in [5.41, 5.74) is 3.54. The van der Waals surface area contributed by atoms with Crippen LogP contribution in [-0.4, -0.2) is 40.8 Å². The van der Waals surface area contributed by atoms with Gasteiger partial charge in [0.1, 0.15) is 11.6 Å². The second-order valence-electron chi connectivity index (χ2n) is 7.00. The summed E-state index contributed by atoms with van der Waals surface area (Å²) in [7, 11) is 0. The lowest BCUT2D eigenvalue weighted by Gasteiger charge is -2.23. The van der Waals surface area contributed by atoms with Crippen molar-refractivity contribution in [3.05, 3.63) is 53.0 Å². The van der Waals surface area contributed by atoms with Gasteiger partial charge in [0.05, 0.1) is 18.3 Å². The highest BCUT2D eigenvalue weighted by Gasteiger charge is 2.20. The quantitative estimate of drug-likeness (QED) is 0.752. The average Bonchev–Trinajstić information content (AvgIpc) is 2.85. The van der Waals surface area contributed by atoms with Crippen LogP contribution in [0.4, 0.5) is 5.82 Å². The number of aliphatic hydroxyl groups excluding tert-OH is 1. The Bertz CT molecular complexity index is 688. The molecule has 1 aliphatic heterocycles. The first-order valence-corrected chi connectivity index (χ1v) is 9.18. The molecule has 1 aromatic carbocycles. The molecule has 0 aliphatic carbocycles. The predicted octanol–water partition coefficient (Wildman–Crippen LogP) is 2.18. The topological polar surface area (TPSA) is 70.1 Å². The standard InChI is InChI=1S/C20H28N4O/c1-14(2)18(13-25)23-20-16-8-10-21-11-9-17(16)22-19(24-20)12-15-6-4-3-5-7-15/h3-7,14,18,21,25H,8-13H2,1-2H3,(H,22,23,24)/t18-/m1/s1. The van der Waals surface area contributed by atoms with Gasteiger partial charge in [-0.2, -0.15) is 0 Å². The van der Waals surface area contributed by atoms with E-state index in [1.165, 1.54) is 11.1 Å². The van der Waals surface area contributed by atoms with Crippen molar-refractivity contribution in [2.45, 2.75) is 39.2 Å². The molecule has 0 spiro atoms. The lowest BCUT2D eigenvalue weighted by atomic mass is 10.0. The van der Waals surface area contributed by atoms with Gasteiger partial charge in [-0.1, -0.05) is 44.2 Å². The van der Waals surface area contributed by atoms with Crippen molar-refractivity contribution in [1.82, 2.24) is 15.3 Å². The molecule has 5 heteroatoms. The highest BCUT2D eigenvalue weighted by atomic mass is 16.3. The number of aromatic nitrogens is 2. The Morgan fingerprint density at radius 2 is 1.88 bits per heavy atom. The summed E-state index contributed by atoms with van der Waals surface area (Å²) < 4.78 is 0. The van der Waals surface area contributed by atoms with Gasteiger partial charge < -0.3 is 15.7 Å². The Labute approximate surface area is 149 Å². The van der Waals surface area contributed by atoms with E-state index < -0.39 is 0 Å². The highest BCUT2D eigenvalue weighted by molar-refractivity contribution is 5.49. The van der Waals surface area contributed by atoms with E-state index in [0.29, 0.717) is 5.92 Å². The molecule has 0 amide bonds. The Balaban J connectivity index is 1.94. The van der Waals surface area contributed by atoms with E-state index in [9.17, 15) is 5.11 Å². The van der Waals surface area contributed by atoms with Gasteiger partial charge in [-0.3, -0.25) is 0 Å². The predicted molar refractivity (Wildman–Crippen MR) is 101 cm³/mol. The van der Waals surface area contributed by atoms with E-state index in [4.69, 9.17) is 9.97 Å². The molecule has 1 atom stereocenters. The largest absolute Gasteiger partial charge is 0.394 e. The number of nitrogens with zero attached hydrogens (tertiary/aromatic N) is 2. The first-order chi connectivity index (χ1) is 12.2. The monoisotopic (exact) mass is 340 g/mol. The van der Waals surface area contributed by atoms with Crippen LogP contribution >= 0.6 is 0 Å². The van der Waals surface area contributed by atoms with Crippen LogP contribution in [0.25, 0.3) is 0 Å². The molecule has 2 aromatic rings. The molecule has 5 nitrogen and oxygen atoms in total. The summed E-state index contributed by atoms with van der Waals surface area (Å²) in [4.78, 5) is 9.69. The van der Waals surface area contributed by atoms with Gasteiger partial charge in [0.15, 0.2) is 0 Å². The van der Waals surface area contributed by atoms with Crippen LogP contribution < -0.4 is 10.6 Å². The Morgan fingerprint density at radius 3 is 2.60 bits per heavy atom. The second kappa shape index (κ2) is 8.41. The van der Waals surface area contributed by atoms with Crippen LogP contribution in [0, 0.1) is 5.92 Å². The number of nitrogens with one attached hydrogen (secondary N) is 2. The van der Waals surface area contributed by atoms with Gasteiger partial charge >= 0.3 is 0 Å². The fourth-order valence-corrected chi connectivity index (χ4v) is 3.17. The van der Waals surface area contributed by atoms with Crippen LogP contribution in [0.1, 0.15) is 36.5 Å². The van der Waals surface area contributed by atoms with Crippen LogP contribution in [0.2, 0.25) is 0 Å². The number of fused-ring (bicyclic) bond motifs is 1. The summed E-state index contributed by atoms with van der Waals surface area (Å²) in [6.07, 6.45) is 2.56. The Kier molecular flexibility index (Phi) is 6.00. The zero-order chi connectivity index (χ0) is 17.6. The first kappa shape index (κ1) is 17.8. The Hall–Kier alpha value is -1.98. The summed E-state index contributed by atoms with van der Waals surface area (Å²) in [5, 5.41) is 16.6. The fraction of sp³-hybridized carbons (Fsp3) is 0.500. The van der Waals surface area contributed by atoms with Gasteiger partial charge in [-0.25, -0.2) is 9.97 Å². The lowest BCUT2D eigenvalue weighted by molar-refractivity contribution is 0.249. The molecule has 3 N–H and O–H groups in total. The third-order valence-corrected chi connectivity index (χ3v) is 4.76. The van der Waals surface area contributed by atoms with E-state index in [0.717, 1.165) is 49.7 Å². The molecule has 0 saturated carbocycles. The SMILES string of the molecule is CC(C)[C@@H](CO)Nc1nc(Cc2ccccc2)nc2c1CCNCC2. The van der Waals surface area contributed by atoms with Gasteiger partial charge in [0.25, 0.3) is 0 Å². The van der Waals surface area contributed by atoms with Crippen molar-refractivity contribution in [2.75, 3.05) is 25.0 Å². The average molecular weight is 340 g/mol. The molecule has 0 radical (unpaired) electrons.